The number of carbonyl (C=O) groups is 1. The lowest BCUT2D eigenvalue weighted by Crippen LogP contribution is -2.08. The van der Waals surface area contributed by atoms with Gasteiger partial charge in [0.2, 0.25) is 0 Å². The number of carbonyl (C=O) groups excluding carboxylic acids is 1. The lowest BCUT2D eigenvalue weighted by atomic mass is 10.1. The normalized spacial score (nSPS) is 9.77. The van der Waals surface area contributed by atoms with Crippen LogP contribution in [0.1, 0.15) is 15.9 Å². The first-order chi connectivity index (χ1) is 6.15. The zero-order valence-electron chi connectivity index (χ0n) is 7.13. The van der Waals surface area contributed by atoms with Crippen LogP contribution in [0.3, 0.4) is 0 Å². The Morgan fingerprint density at radius 1 is 1.62 bits per heavy atom. The summed E-state index contributed by atoms with van der Waals surface area (Å²) in [7, 11) is 3.09. The molecule has 1 rings (SSSR count). The van der Waals surface area contributed by atoms with E-state index in [0.29, 0.717) is 5.56 Å². The first-order valence-corrected chi connectivity index (χ1v) is 5.51. The van der Waals surface area contributed by atoms with Gasteiger partial charge in [0.25, 0.3) is 0 Å². The van der Waals surface area contributed by atoms with E-state index in [4.69, 9.17) is 4.74 Å². The quantitative estimate of drug-likeness (QED) is 0.474. The van der Waals surface area contributed by atoms with Crippen molar-refractivity contribution in [3.63, 3.8) is 0 Å². The molecule has 0 bridgehead atoms. The van der Waals surface area contributed by atoms with Crippen LogP contribution in [0.5, 0.6) is 0 Å². The van der Waals surface area contributed by atoms with Crippen LogP contribution >= 0.6 is 22.6 Å². The molecule has 3 radical (unpaired) electrons. The molecule has 0 unspecified atom stereocenters. The molecule has 0 heterocycles. The smallest absolute Gasteiger partial charge is 0.338 e. The molecule has 0 aliphatic carbocycles. The number of ether oxygens (including phenoxy) is 1. The van der Waals surface area contributed by atoms with Crippen molar-refractivity contribution >= 4 is 38.8 Å². The molecule has 0 saturated heterocycles. The van der Waals surface area contributed by atoms with Gasteiger partial charge < -0.3 is 4.74 Å². The molecule has 0 saturated carbocycles. The van der Waals surface area contributed by atoms with Gasteiger partial charge in [0.15, 0.2) is 0 Å². The summed E-state index contributed by atoms with van der Waals surface area (Å²) in [4.78, 5) is 11.4. The van der Waals surface area contributed by atoms with Gasteiger partial charge in [0.1, 0.15) is 0 Å². The van der Waals surface area contributed by atoms with Gasteiger partial charge in [-0.3, -0.25) is 0 Å². The third-order valence-corrected chi connectivity index (χ3v) is 2.63. The fourth-order valence-corrected chi connectivity index (χ4v) is 1.63. The van der Waals surface area contributed by atoms with E-state index in [-0.39, 0.29) is 12.2 Å². The van der Waals surface area contributed by atoms with E-state index >= 15 is 0 Å². The molecule has 1 aromatic rings. The van der Waals surface area contributed by atoms with E-state index < -0.39 is 0 Å². The molecular weight excluding hydrogens is 295 g/mol. The SMILES string of the molecule is Cc1ccc(I)c(C(=O)OC[Si])c1. The fourth-order valence-electron chi connectivity index (χ4n) is 0.939. The summed E-state index contributed by atoms with van der Waals surface area (Å²) in [5, 5.41) is 0. The summed E-state index contributed by atoms with van der Waals surface area (Å²) in [5.74, 6) is -0.289. The van der Waals surface area contributed by atoms with E-state index in [9.17, 15) is 4.79 Å². The fraction of sp³-hybridized carbons (Fsp3) is 0.222. The van der Waals surface area contributed by atoms with Crippen molar-refractivity contribution in [1.29, 1.82) is 0 Å². The summed E-state index contributed by atoms with van der Waals surface area (Å²) in [5.41, 5.74) is 1.68. The van der Waals surface area contributed by atoms with Gasteiger partial charge in [-0.2, -0.15) is 0 Å². The Morgan fingerprint density at radius 2 is 2.31 bits per heavy atom. The maximum Gasteiger partial charge on any atom is 0.338 e. The summed E-state index contributed by atoms with van der Waals surface area (Å²) >= 11 is 2.12. The second kappa shape index (κ2) is 4.76. The minimum Gasteiger partial charge on any atom is -0.467 e. The van der Waals surface area contributed by atoms with Crippen LogP contribution in [-0.4, -0.2) is 22.4 Å². The predicted octanol–water partition coefficient (Wildman–Crippen LogP) is 1.88. The molecule has 13 heavy (non-hydrogen) atoms. The highest BCUT2D eigenvalue weighted by Crippen LogP contribution is 2.14. The molecule has 2 nitrogen and oxygen atoms in total. The van der Waals surface area contributed by atoms with Gasteiger partial charge in [-0.1, -0.05) is 11.6 Å². The highest BCUT2D eigenvalue weighted by atomic mass is 127. The zero-order valence-corrected chi connectivity index (χ0v) is 10.3. The van der Waals surface area contributed by atoms with Crippen LogP contribution in [-0.2, 0) is 4.74 Å². The average Bonchev–Trinajstić information content (AvgIpc) is 2.09. The molecule has 0 atom stereocenters. The van der Waals surface area contributed by atoms with Gasteiger partial charge in [-0.15, -0.1) is 0 Å². The zero-order chi connectivity index (χ0) is 9.84. The molecular formula is C9H8IO2Si. The van der Waals surface area contributed by atoms with E-state index in [1.807, 2.05) is 25.1 Å². The number of hydrogen-bond acceptors (Lipinski definition) is 2. The molecule has 0 fully saturated rings. The summed E-state index contributed by atoms with van der Waals surface area (Å²) < 4.78 is 5.74. The molecule has 67 valence electrons. The van der Waals surface area contributed by atoms with Crippen molar-refractivity contribution in [3.8, 4) is 0 Å². The van der Waals surface area contributed by atoms with Gasteiger partial charge >= 0.3 is 5.97 Å². The summed E-state index contributed by atoms with van der Waals surface area (Å²) in [6.07, 6.45) is 0.225. The van der Waals surface area contributed by atoms with Gasteiger partial charge in [-0.05, 0) is 41.6 Å². The van der Waals surface area contributed by atoms with Crippen molar-refractivity contribution in [2.24, 2.45) is 0 Å². The number of rotatable bonds is 2. The number of esters is 1. The average molecular weight is 303 g/mol. The monoisotopic (exact) mass is 303 g/mol. The summed E-state index contributed by atoms with van der Waals surface area (Å²) in [6.45, 7) is 1.94. The van der Waals surface area contributed by atoms with Crippen LogP contribution < -0.4 is 0 Å². The predicted molar refractivity (Wildman–Crippen MR) is 59.9 cm³/mol. The second-order valence-corrected chi connectivity index (χ2v) is 4.01. The Kier molecular flexibility index (Phi) is 3.92. The minimum absolute atomic E-state index is 0.225. The van der Waals surface area contributed by atoms with Crippen molar-refractivity contribution in [2.45, 2.75) is 6.92 Å². The third kappa shape index (κ3) is 2.80. The van der Waals surface area contributed by atoms with Crippen LogP contribution in [0, 0.1) is 10.5 Å². The maximum absolute atomic E-state index is 11.4. The molecule has 4 heteroatoms. The molecule has 0 spiro atoms. The Morgan fingerprint density at radius 3 is 2.92 bits per heavy atom. The largest absolute Gasteiger partial charge is 0.467 e. The van der Waals surface area contributed by atoms with E-state index in [2.05, 4.69) is 32.8 Å². The van der Waals surface area contributed by atoms with Crippen LogP contribution in [0.4, 0.5) is 0 Å². The Balaban J connectivity index is 2.99. The van der Waals surface area contributed by atoms with Gasteiger partial charge in [0, 0.05) is 3.57 Å². The Bertz CT molecular complexity index is 325. The third-order valence-electron chi connectivity index (χ3n) is 1.55. The molecule has 0 aliphatic heterocycles. The molecule has 0 amide bonds. The Labute approximate surface area is 94.2 Å². The van der Waals surface area contributed by atoms with E-state index in [0.717, 1.165) is 9.13 Å². The lowest BCUT2D eigenvalue weighted by Gasteiger charge is -2.04. The minimum atomic E-state index is -0.289. The maximum atomic E-state index is 11.4. The van der Waals surface area contributed by atoms with Crippen molar-refractivity contribution in [1.82, 2.24) is 0 Å². The topological polar surface area (TPSA) is 26.3 Å². The molecule has 0 aliphatic rings. The first-order valence-electron chi connectivity index (χ1n) is 3.73. The van der Waals surface area contributed by atoms with Gasteiger partial charge in [-0.25, -0.2) is 4.79 Å². The second-order valence-electron chi connectivity index (χ2n) is 2.56. The van der Waals surface area contributed by atoms with E-state index in [1.54, 1.807) is 0 Å². The standard InChI is InChI=1S/C9H8IO2Si/c1-6-2-3-8(10)7(4-6)9(11)12-5-13/h2-4H,5H2,1H3. The van der Waals surface area contributed by atoms with Crippen molar-refractivity contribution in [3.05, 3.63) is 32.9 Å². The highest BCUT2D eigenvalue weighted by Gasteiger charge is 2.10. The van der Waals surface area contributed by atoms with Gasteiger partial charge in [0.05, 0.1) is 22.0 Å². The number of aryl methyl sites for hydroxylation is 1. The molecule has 0 aromatic heterocycles. The molecule has 1 aromatic carbocycles. The van der Waals surface area contributed by atoms with Crippen molar-refractivity contribution < 1.29 is 9.53 Å². The first kappa shape index (κ1) is 10.7. The van der Waals surface area contributed by atoms with Crippen LogP contribution in [0.15, 0.2) is 18.2 Å². The lowest BCUT2D eigenvalue weighted by molar-refractivity contribution is 0.0572. The number of hydrogen-bond donors (Lipinski definition) is 0. The summed E-state index contributed by atoms with van der Waals surface area (Å²) in [6, 6.07) is 5.69. The Hall–Kier alpha value is -0.363. The highest BCUT2D eigenvalue weighted by molar-refractivity contribution is 14.1. The van der Waals surface area contributed by atoms with Crippen LogP contribution in [0.2, 0.25) is 0 Å². The van der Waals surface area contributed by atoms with E-state index in [1.165, 1.54) is 0 Å². The number of halogens is 1. The number of benzene rings is 1. The molecule has 0 N–H and O–H groups in total. The van der Waals surface area contributed by atoms with Crippen molar-refractivity contribution in [2.75, 3.05) is 6.23 Å². The van der Waals surface area contributed by atoms with Crippen LogP contribution in [0.25, 0.3) is 0 Å².